The van der Waals surface area contributed by atoms with Crippen molar-refractivity contribution < 1.29 is 0 Å². The first-order chi connectivity index (χ1) is 5.24. The van der Waals surface area contributed by atoms with Gasteiger partial charge in [0.05, 0.1) is 0 Å². The van der Waals surface area contributed by atoms with Gasteiger partial charge in [-0.1, -0.05) is 27.2 Å². The SMILES string of the molecule is CC[C@@H]1CCC[C@@H](C(C)C)N1. The highest BCUT2D eigenvalue weighted by Gasteiger charge is 2.21. The summed E-state index contributed by atoms with van der Waals surface area (Å²) in [7, 11) is 0. The second-order valence-corrected chi connectivity index (χ2v) is 4.05. The summed E-state index contributed by atoms with van der Waals surface area (Å²) in [5.74, 6) is 0.810. The van der Waals surface area contributed by atoms with E-state index in [1.807, 2.05) is 0 Å². The molecule has 1 heterocycles. The van der Waals surface area contributed by atoms with Crippen LogP contribution in [0.25, 0.3) is 0 Å². The summed E-state index contributed by atoms with van der Waals surface area (Å²) in [6.45, 7) is 6.91. The van der Waals surface area contributed by atoms with Crippen molar-refractivity contribution in [1.29, 1.82) is 0 Å². The molecule has 1 heteroatoms. The van der Waals surface area contributed by atoms with Gasteiger partial charge in [-0.25, -0.2) is 0 Å². The monoisotopic (exact) mass is 155 g/mol. The molecule has 1 aliphatic heterocycles. The standard InChI is InChI=1S/C10H21N/c1-4-9-6-5-7-10(11-9)8(2)3/h8-11H,4-7H2,1-3H3/t9-,10+/m1/s1. The molecule has 1 rings (SSSR count). The van der Waals surface area contributed by atoms with Crippen molar-refractivity contribution in [3.8, 4) is 0 Å². The van der Waals surface area contributed by atoms with Gasteiger partial charge in [0, 0.05) is 12.1 Å². The maximum atomic E-state index is 3.70. The molecule has 0 aromatic rings. The van der Waals surface area contributed by atoms with Gasteiger partial charge in [0.1, 0.15) is 0 Å². The quantitative estimate of drug-likeness (QED) is 0.646. The highest BCUT2D eigenvalue weighted by atomic mass is 15.0. The summed E-state index contributed by atoms with van der Waals surface area (Å²) in [6, 6.07) is 1.59. The molecule has 66 valence electrons. The van der Waals surface area contributed by atoms with Gasteiger partial charge in [-0.2, -0.15) is 0 Å². The zero-order chi connectivity index (χ0) is 8.27. The van der Waals surface area contributed by atoms with Crippen molar-refractivity contribution in [1.82, 2.24) is 5.32 Å². The largest absolute Gasteiger partial charge is 0.311 e. The van der Waals surface area contributed by atoms with Crippen molar-refractivity contribution in [2.24, 2.45) is 5.92 Å². The molecule has 0 aliphatic carbocycles. The van der Waals surface area contributed by atoms with Crippen LogP contribution in [0.15, 0.2) is 0 Å². The first-order valence-electron chi connectivity index (χ1n) is 5.00. The summed E-state index contributed by atoms with van der Waals surface area (Å²) < 4.78 is 0. The molecular formula is C10H21N. The lowest BCUT2D eigenvalue weighted by Gasteiger charge is -2.32. The van der Waals surface area contributed by atoms with Crippen LogP contribution in [-0.2, 0) is 0 Å². The van der Waals surface area contributed by atoms with Gasteiger partial charge in [0.2, 0.25) is 0 Å². The molecule has 1 aliphatic rings. The highest BCUT2D eigenvalue weighted by molar-refractivity contribution is 4.81. The minimum Gasteiger partial charge on any atom is -0.311 e. The molecule has 1 nitrogen and oxygen atoms in total. The molecule has 1 N–H and O–H groups in total. The molecule has 1 fully saturated rings. The van der Waals surface area contributed by atoms with E-state index >= 15 is 0 Å². The van der Waals surface area contributed by atoms with Crippen LogP contribution >= 0.6 is 0 Å². The van der Waals surface area contributed by atoms with Crippen molar-refractivity contribution >= 4 is 0 Å². The Morgan fingerprint density at radius 2 is 2.09 bits per heavy atom. The molecule has 0 spiro atoms. The van der Waals surface area contributed by atoms with Crippen LogP contribution in [0.3, 0.4) is 0 Å². The van der Waals surface area contributed by atoms with E-state index in [0.29, 0.717) is 0 Å². The molecule has 11 heavy (non-hydrogen) atoms. The molecule has 0 aromatic heterocycles. The third kappa shape index (κ3) is 2.48. The third-order valence-corrected chi connectivity index (χ3v) is 2.82. The van der Waals surface area contributed by atoms with E-state index in [0.717, 1.165) is 18.0 Å². The lowest BCUT2D eigenvalue weighted by molar-refractivity contribution is 0.264. The molecule has 0 unspecified atom stereocenters. The van der Waals surface area contributed by atoms with Crippen molar-refractivity contribution in [3.63, 3.8) is 0 Å². The number of hydrogen-bond acceptors (Lipinski definition) is 1. The fraction of sp³-hybridized carbons (Fsp3) is 1.00. The Bertz CT molecular complexity index is 109. The zero-order valence-electron chi connectivity index (χ0n) is 8.06. The Morgan fingerprint density at radius 3 is 2.64 bits per heavy atom. The minimum atomic E-state index is 0.786. The first kappa shape index (κ1) is 9.05. The van der Waals surface area contributed by atoms with Gasteiger partial charge in [0.25, 0.3) is 0 Å². The van der Waals surface area contributed by atoms with Gasteiger partial charge in [-0.05, 0) is 25.2 Å². The Balaban J connectivity index is 2.33. The molecule has 0 aromatic carbocycles. The van der Waals surface area contributed by atoms with E-state index in [1.165, 1.54) is 25.7 Å². The van der Waals surface area contributed by atoms with Crippen molar-refractivity contribution in [2.45, 2.75) is 58.5 Å². The second-order valence-electron chi connectivity index (χ2n) is 4.05. The smallest absolute Gasteiger partial charge is 0.00926 e. The van der Waals surface area contributed by atoms with Crippen molar-refractivity contribution in [3.05, 3.63) is 0 Å². The van der Waals surface area contributed by atoms with E-state index in [9.17, 15) is 0 Å². The predicted octanol–water partition coefficient (Wildman–Crippen LogP) is 2.56. The maximum Gasteiger partial charge on any atom is 0.00926 e. The van der Waals surface area contributed by atoms with E-state index in [2.05, 4.69) is 26.1 Å². The van der Waals surface area contributed by atoms with Gasteiger partial charge in [0.15, 0.2) is 0 Å². The molecule has 0 amide bonds. The predicted molar refractivity (Wildman–Crippen MR) is 49.7 cm³/mol. The molecule has 0 radical (unpaired) electrons. The van der Waals surface area contributed by atoms with Crippen LogP contribution in [0.5, 0.6) is 0 Å². The van der Waals surface area contributed by atoms with Gasteiger partial charge in [-0.3, -0.25) is 0 Å². The summed E-state index contributed by atoms with van der Waals surface area (Å²) in [5.41, 5.74) is 0. The normalized spacial score (nSPS) is 32.7. The Hall–Kier alpha value is -0.0400. The van der Waals surface area contributed by atoms with Crippen LogP contribution in [-0.4, -0.2) is 12.1 Å². The average Bonchev–Trinajstić information content (AvgIpc) is 2.05. The topological polar surface area (TPSA) is 12.0 Å². The van der Waals surface area contributed by atoms with Crippen molar-refractivity contribution in [2.75, 3.05) is 0 Å². The molecular weight excluding hydrogens is 134 g/mol. The Kier molecular flexibility index (Phi) is 3.38. The van der Waals surface area contributed by atoms with Gasteiger partial charge >= 0.3 is 0 Å². The van der Waals surface area contributed by atoms with Gasteiger partial charge in [-0.15, -0.1) is 0 Å². The molecule has 0 bridgehead atoms. The fourth-order valence-corrected chi connectivity index (χ4v) is 1.90. The summed E-state index contributed by atoms with van der Waals surface area (Å²) >= 11 is 0. The summed E-state index contributed by atoms with van der Waals surface area (Å²) in [6.07, 6.45) is 5.49. The zero-order valence-corrected chi connectivity index (χ0v) is 8.06. The molecule has 1 saturated heterocycles. The average molecular weight is 155 g/mol. The number of piperidine rings is 1. The lowest BCUT2D eigenvalue weighted by Crippen LogP contribution is -2.44. The summed E-state index contributed by atoms with van der Waals surface area (Å²) in [5, 5.41) is 3.70. The highest BCUT2D eigenvalue weighted by Crippen LogP contribution is 2.19. The van der Waals surface area contributed by atoms with E-state index in [1.54, 1.807) is 0 Å². The van der Waals surface area contributed by atoms with E-state index < -0.39 is 0 Å². The molecule has 0 saturated carbocycles. The number of nitrogens with one attached hydrogen (secondary N) is 1. The Labute approximate surface area is 70.6 Å². The minimum absolute atomic E-state index is 0.786. The third-order valence-electron chi connectivity index (χ3n) is 2.82. The Morgan fingerprint density at radius 1 is 1.36 bits per heavy atom. The van der Waals surface area contributed by atoms with Gasteiger partial charge < -0.3 is 5.32 Å². The second kappa shape index (κ2) is 4.10. The fourth-order valence-electron chi connectivity index (χ4n) is 1.90. The number of rotatable bonds is 2. The van der Waals surface area contributed by atoms with E-state index in [-0.39, 0.29) is 0 Å². The van der Waals surface area contributed by atoms with E-state index in [4.69, 9.17) is 0 Å². The maximum absolute atomic E-state index is 3.70. The van der Waals surface area contributed by atoms with Crippen LogP contribution in [0, 0.1) is 5.92 Å². The first-order valence-corrected chi connectivity index (χ1v) is 5.00. The molecule has 2 atom stereocenters. The van der Waals surface area contributed by atoms with Crippen LogP contribution in [0.2, 0.25) is 0 Å². The van der Waals surface area contributed by atoms with Crippen LogP contribution < -0.4 is 5.32 Å². The van der Waals surface area contributed by atoms with Crippen LogP contribution in [0.1, 0.15) is 46.5 Å². The lowest BCUT2D eigenvalue weighted by atomic mass is 9.91. The summed E-state index contributed by atoms with van der Waals surface area (Å²) in [4.78, 5) is 0. The van der Waals surface area contributed by atoms with Crippen LogP contribution in [0.4, 0.5) is 0 Å². The number of hydrogen-bond donors (Lipinski definition) is 1.